The Morgan fingerprint density at radius 3 is 2.53 bits per heavy atom. The molecule has 0 spiro atoms. The fourth-order valence-electron chi connectivity index (χ4n) is 1.64. The van der Waals surface area contributed by atoms with E-state index < -0.39 is 11.8 Å². The van der Waals surface area contributed by atoms with Gasteiger partial charge in [0.2, 0.25) is 0 Å². The summed E-state index contributed by atoms with van der Waals surface area (Å²) in [7, 11) is 0. The third-order valence-electron chi connectivity index (χ3n) is 2.52. The van der Waals surface area contributed by atoms with Crippen LogP contribution in [0.25, 0.3) is 5.57 Å². The fraction of sp³-hybridized carbons (Fsp3) is 0.167. The minimum absolute atomic E-state index is 0.526. The highest BCUT2D eigenvalue weighted by atomic mass is 16.4. The van der Waals surface area contributed by atoms with Crippen LogP contribution in [-0.4, -0.2) is 22.0 Å². The SMILES string of the molecule is NC1(O)C(c2ccccc2)=CC=CC1O. The van der Waals surface area contributed by atoms with E-state index in [9.17, 15) is 10.2 Å². The molecule has 1 aliphatic carbocycles. The maximum Gasteiger partial charge on any atom is 0.170 e. The number of benzene rings is 1. The summed E-state index contributed by atoms with van der Waals surface area (Å²) in [5.74, 6) is 0. The van der Waals surface area contributed by atoms with Crippen molar-refractivity contribution in [3.63, 3.8) is 0 Å². The Morgan fingerprint density at radius 2 is 1.87 bits per heavy atom. The molecule has 0 saturated heterocycles. The lowest BCUT2D eigenvalue weighted by Gasteiger charge is -2.32. The van der Waals surface area contributed by atoms with Gasteiger partial charge < -0.3 is 10.2 Å². The predicted octanol–water partition coefficient (Wildman–Crippen LogP) is 0.648. The Hall–Kier alpha value is -1.42. The minimum Gasteiger partial charge on any atom is -0.384 e. The largest absolute Gasteiger partial charge is 0.384 e. The average molecular weight is 203 g/mol. The summed E-state index contributed by atoms with van der Waals surface area (Å²) in [6.45, 7) is 0. The Balaban J connectivity index is 2.45. The van der Waals surface area contributed by atoms with Crippen LogP contribution in [-0.2, 0) is 0 Å². The quantitative estimate of drug-likeness (QED) is 0.587. The Kier molecular flexibility index (Phi) is 2.44. The molecular weight excluding hydrogens is 190 g/mol. The molecule has 4 N–H and O–H groups in total. The van der Waals surface area contributed by atoms with Gasteiger partial charge in [0.1, 0.15) is 6.10 Å². The molecular formula is C12H13NO2. The minimum atomic E-state index is -1.71. The van der Waals surface area contributed by atoms with Crippen molar-refractivity contribution in [3.05, 3.63) is 54.1 Å². The van der Waals surface area contributed by atoms with Crippen LogP contribution in [0.15, 0.2) is 48.6 Å². The van der Waals surface area contributed by atoms with Gasteiger partial charge in [0.25, 0.3) is 0 Å². The van der Waals surface area contributed by atoms with Gasteiger partial charge in [-0.15, -0.1) is 0 Å². The molecule has 78 valence electrons. The lowest BCUT2D eigenvalue weighted by Crippen LogP contribution is -2.51. The highest BCUT2D eigenvalue weighted by Crippen LogP contribution is 2.29. The normalized spacial score (nSPS) is 30.1. The summed E-state index contributed by atoms with van der Waals surface area (Å²) in [4.78, 5) is 0. The zero-order valence-electron chi connectivity index (χ0n) is 8.17. The highest BCUT2D eigenvalue weighted by Gasteiger charge is 2.35. The molecule has 15 heavy (non-hydrogen) atoms. The molecule has 1 aliphatic rings. The molecule has 0 aromatic heterocycles. The second kappa shape index (κ2) is 3.62. The van der Waals surface area contributed by atoms with E-state index in [2.05, 4.69) is 0 Å². The zero-order valence-corrected chi connectivity index (χ0v) is 8.17. The highest BCUT2D eigenvalue weighted by molar-refractivity contribution is 5.75. The van der Waals surface area contributed by atoms with Crippen molar-refractivity contribution in [2.45, 2.75) is 11.8 Å². The van der Waals surface area contributed by atoms with Gasteiger partial charge in [-0.3, -0.25) is 5.73 Å². The molecule has 0 radical (unpaired) electrons. The third-order valence-corrected chi connectivity index (χ3v) is 2.52. The van der Waals surface area contributed by atoms with E-state index in [0.29, 0.717) is 5.57 Å². The van der Waals surface area contributed by atoms with Crippen molar-refractivity contribution in [1.82, 2.24) is 0 Å². The number of aliphatic hydroxyl groups excluding tert-OH is 1. The summed E-state index contributed by atoms with van der Waals surface area (Å²) in [6, 6.07) is 9.29. The number of allylic oxidation sites excluding steroid dienone is 2. The lowest BCUT2D eigenvalue weighted by atomic mass is 9.88. The molecule has 2 atom stereocenters. The number of rotatable bonds is 1. The molecule has 1 aromatic carbocycles. The van der Waals surface area contributed by atoms with Crippen LogP contribution in [0.5, 0.6) is 0 Å². The van der Waals surface area contributed by atoms with Gasteiger partial charge in [0.15, 0.2) is 5.72 Å². The second-order valence-corrected chi connectivity index (χ2v) is 3.60. The molecule has 0 aliphatic heterocycles. The van der Waals surface area contributed by atoms with Crippen LogP contribution in [0.3, 0.4) is 0 Å². The van der Waals surface area contributed by atoms with E-state index in [1.54, 1.807) is 12.2 Å². The molecule has 2 rings (SSSR count). The van der Waals surface area contributed by atoms with Crippen molar-refractivity contribution >= 4 is 5.57 Å². The maximum absolute atomic E-state index is 9.96. The molecule has 0 bridgehead atoms. The van der Waals surface area contributed by atoms with E-state index in [0.717, 1.165) is 5.56 Å². The van der Waals surface area contributed by atoms with Gasteiger partial charge in [-0.2, -0.15) is 0 Å². The first-order chi connectivity index (χ1) is 7.12. The lowest BCUT2D eigenvalue weighted by molar-refractivity contribution is -0.00197. The zero-order chi connectivity index (χ0) is 10.9. The standard InChI is InChI=1S/C12H13NO2/c13-12(15)10(7-4-8-11(12)14)9-5-2-1-3-6-9/h1-8,11,14-15H,13H2. The van der Waals surface area contributed by atoms with Crippen LogP contribution in [0.2, 0.25) is 0 Å². The number of hydrogen-bond donors (Lipinski definition) is 3. The average Bonchev–Trinajstić information content (AvgIpc) is 2.23. The second-order valence-electron chi connectivity index (χ2n) is 3.60. The van der Waals surface area contributed by atoms with Crippen molar-refractivity contribution < 1.29 is 10.2 Å². The Bertz CT molecular complexity index is 407. The summed E-state index contributed by atoms with van der Waals surface area (Å²) < 4.78 is 0. The monoisotopic (exact) mass is 203 g/mol. The Morgan fingerprint density at radius 1 is 1.20 bits per heavy atom. The first-order valence-electron chi connectivity index (χ1n) is 4.76. The molecule has 1 aromatic rings. The fourth-order valence-corrected chi connectivity index (χ4v) is 1.64. The summed E-state index contributed by atoms with van der Waals surface area (Å²) in [5, 5.41) is 19.5. The summed E-state index contributed by atoms with van der Waals surface area (Å²) in [6.07, 6.45) is 3.79. The Labute approximate surface area is 88.2 Å². The molecule has 2 unspecified atom stereocenters. The van der Waals surface area contributed by atoms with E-state index in [4.69, 9.17) is 5.73 Å². The van der Waals surface area contributed by atoms with Gasteiger partial charge in [0.05, 0.1) is 0 Å². The van der Waals surface area contributed by atoms with Crippen LogP contribution < -0.4 is 5.73 Å². The summed E-state index contributed by atoms with van der Waals surface area (Å²) in [5.41, 5.74) is 5.31. The van der Waals surface area contributed by atoms with E-state index >= 15 is 0 Å². The molecule has 0 heterocycles. The van der Waals surface area contributed by atoms with Gasteiger partial charge in [0, 0.05) is 5.57 Å². The molecule has 0 amide bonds. The van der Waals surface area contributed by atoms with Gasteiger partial charge in [-0.05, 0) is 5.56 Å². The smallest absolute Gasteiger partial charge is 0.170 e. The van der Waals surface area contributed by atoms with Crippen LogP contribution >= 0.6 is 0 Å². The van der Waals surface area contributed by atoms with E-state index in [-0.39, 0.29) is 0 Å². The van der Waals surface area contributed by atoms with Gasteiger partial charge in [-0.1, -0.05) is 48.6 Å². The van der Waals surface area contributed by atoms with Crippen LogP contribution in [0.1, 0.15) is 5.56 Å². The van der Waals surface area contributed by atoms with E-state index in [1.165, 1.54) is 6.08 Å². The van der Waals surface area contributed by atoms with Crippen molar-refractivity contribution in [1.29, 1.82) is 0 Å². The first-order valence-corrected chi connectivity index (χ1v) is 4.76. The van der Waals surface area contributed by atoms with Crippen molar-refractivity contribution in [2.75, 3.05) is 0 Å². The number of aliphatic hydroxyl groups is 2. The third kappa shape index (κ3) is 1.72. The van der Waals surface area contributed by atoms with E-state index in [1.807, 2.05) is 30.3 Å². The van der Waals surface area contributed by atoms with Gasteiger partial charge in [-0.25, -0.2) is 0 Å². The topological polar surface area (TPSA) is 66.5 Å². The van der Waals surface area contributed by atoms with Gasteiger partial charge >= 0.3 is 0 Å². The van der Waals surface area contributed by atoms with Crippen molar-refractivity contribution in [2.24, 2.45) is 5.73 Å². The van der Waals surface area contributed by atoms with Crippen LogP contribution in [0, 0.1) is 0 Å². The van der Waals surface area contributed by atoms with Crippen LogP contribution in [0.4, 0.5) is 0 Å². The molecule has 3 nitrogen and oxygen atoms in total. The number of hydrogen-bond acceptors (Lipinski definition) is 3. The first kappa shape index (κ1) is 10.1. The molecule has 0 fully saturated rings. The maximum atomic E-state index is 9.96. The van der Waals surface area contributed by atoms with Crippen molar-refractivity contribution in [3.8, 4) is 0 Å². The predicted molar refractivity (Wildman–Crippen MR) is 58.7 cm³/mol. The summed E-state index contributed by atoms with van der Waals surface area (Å²) >= 11 is 0. The molecule has 0 saturated carbocycles. The molecule has 3 heteroatoms. The number of nitrogens with two attached hydrogens (primary N) is 1.